The summed E-state index contributed by atoms with van der Waals surface area (Å²) in [6.07, 6.45) is 4.24. The summed E-state index contributed by atoms with van der Waals surface area (Å²) in [5.74, 6) is 1.34. The molecule has 2 saturated carbocycles. The second kappa shape index (κ2) is 6.09. The lowest BCUT2D eigenvalue weighted by atomic mass is 9.66. The summed E-state index contributed by atoms with van der Waals surface area (Å²) in [6.45, 7) is 19.0. The van der Waals surface area contributed by atoms with Gasteiger partial charge in [-0.15, -0.1) is 0 Å². The Labute approximate surface area is 154 Å². The molecular formula is C22H39NO2. The Hall–Kier alpha value is -0.860. The minimum Gasteiger partial charge on any atom is -0.346 e. The Morgan fingerprint density at radius 1 is 1.08 bits per heavy atom. The first kappa shape index (κ1) is 20.5. The van der Waals surface area contributed by atoms with Crippen LogP contribution in [0.25, 0.3) is 0 Å². The Balaban J connectivity index is 2.10. The van der Waals surface area contributed by atoms with Crippen LogP contribution in [-0.4, -0.2) is 17.7 Å². The van der Waals surface area contributed by atoms with Gasteiger partial charge in [-0.05, 0) is 47.3 Å². The van der Waals surface area contributed by atoms with E-state index in [4.69, 9.17) is 0 Å². The van der Waals surface area contributed by atoms with E-state index >= 15 is 0 Å². The average Bonchev–Trinajstić information content (AvgIpc) is 2.75. The summed E-state index contributed by atoms with van der Waals surface area (Å²) in [4.78, 5) is 25.7. The fourth-order valence-electron chi connectivity index (χ4n) is 5.23. The number of hydrogen-bond donors (Lipinski definition) is 1. The van der Waals surface area contributed by atoms with Crippen molar-refractivity contribution < 1.29 is 9.59 Å². The molecule has 25 heavy (non-hydrogen) atoms. The van der Waals surface area contributed by atoms with Crippen LogP contribution in [0.5, 0.6) is 0 Å². The number of nitrogens with one attached hydrogen (secondary N) is 1. The number of hydrogen-bond acceptors (Lipinski definition) is 2. The van der Waals surface area contributed by atoms with Crippen LogP contribution < -0.4 is 5.32 Å². The Morgan fingerprint density at radius 3 is 2.00 bits per heavy atom. The standard InChI is InChI=1S/C22H39NO2/c1-19(2,3)17(18(25)20(4,5)6)23-16(24)13-15-12-14-10-11-22(15,9)21(14,7)8/h14-15,17H,10-13H2,1-9H3,(H,23,24)/t14?,15-,17-,22?/m1/s1. The van der Waals surface area contributed by atoms with Gasteiger partial charge in [-0.25, -0.2) is 0 Å². The quantitative estimate of drug-likeness (QED) is 0.777. The molecule has 1 N–H and O–H groups in total. The maximum Gasteiger partial charge on any atom is 0.220 e. The van der Waals surface area contributed by atoms with Crippen molar-refractivity contribution in [2.75, 3.05) is 0 Å². The summed E-state index contributed by atoms with van der Waals surface area (Å²) in [5.41, 5.74) is -0.160. The first-order valence-corrected chi connectivity index (χ1v) is 9.94. The van der Waals surface area contributed by atoms with Crippen molar-refractivity contribution in [3.05, 3.63) is 0 Å². The van der Waals surface area contributed by atoms with Crippen molar-refractivity contribution in [3.63, 3.8) is 0 Å². The molecule has 0 aromatic heterocycles. The van der Waals surface area contributed by atoms with Gasteiger partial charge in [-0.3, -0.25) is 9.59 Å². The van der Waals surface area contributed by atoms with E-state index in [1.54, 1.807) is 0 Å². The highest BCUT2D eigenvalue weighted by atomic mass is 16.2. The largest absolute Gasteiger partial charge is 0.346 e. The van der Waals surface area contributed by atoms with Crippen molar-refractivity contribution >= 4 is 11.7 Å². The van der Waals surface area contributed by atoms with E-state index < -0.39 is 11.5 Å². The van der Waals surface area contributed by atoms with Crippen LogP contribution in [0.2, 0.25) is 0 Å². The third-order valence-corrected chi connectivity index (χ3v) is 7.58. The highest BCUT2D eigenvalue weighted by Gasteiger charge is 2.61. The van der Waals surface area contributed by atoms with Crippen LogP contribution in [0.3, 0.4) is 0 Å². The van der Waals surface area contributed by atoms with Crippen LogP contribution in [0.4, 0.5) is 0 Å². The van der Waals surface area contributed by atoms with E-state index in [1.807, 2.05) is 41.5 Å². The van der Waals surface area contributed by atoms with Crippen molar-refractivity contribution in [1.29, 1.82) is 0 Å². The normalized spacial score (nSPS) is 32.5. The fourth-order valence-corrected chi connectivity index (χ4v) is 5.23. The van der Waals surface area contributed by atoms with E-state index in [2.05, 4.69) is 26.1 Å². The molecule has 0 aromatic carbocycles. The van der Waals surface area contributed by atoms with Crippen molar-refractivity contribution in [2.24, 2.45) is 33.5 Å². The Morgan fingerprint density at radius 2 is 1.64 bits per heavy atom. The monoisotopic (exact) mass is 349 g/mol. The molecule has 0 aliphatic heterocycles. The number of Topliss-reactive ketones (excluding diaryl/α,β-unsaturated/α-hetero) is 1. The highest BCUT2D eigenvalue weighted by molar-refractivity contribution is 5.93. The molecule has 2 aliphatic carbocycles. The molecule has 2 bridgehead atoms. The van der Waals surface area contributed by atoms with Gasteiger partial charge in [0.25, 0.3) is 0 Å². The van der Waals surface area contributed by atoms with Crippen LogP contribution in [0.1, 0.15) is 88.0 Å². The number of amides is 1. The van der Waals surface area contributed by atoms with Crippen LogP contribution >= 0.6 is 0 Å². The molecule has 0 aromatic rings. The fraction of sp³-hybridized carbons (Fsp3) is 0.909. The minimum atomic E-state index is -0.453. The zero-order valence-corrected chi connectivity index (χ0v) is 17.9. The summed E-state index contributed by atoms with van der Waals surface area (Å²) in [6, 6.07) is -0.431. The number of fused-ring (bicyclic) bond motifs is 2. The molecule has 0 heterocycles. The lowest BCUT2D eigenvalue weighted by Gasteiger charge is -2.40. The SMILES string of the molecule is CC(C)(C)C(=O)[C@@H](NC(=O)C[C@H]1CC2CCC1(C)C2(C)C)C(C)(C)C. The van der Waals surface area contributed by atoms with Crippen molar-refractivity contribution in [2.45, 2.75) is 94.0 Å². The first-order chi connectivity index (χ1) is 11.1. The Kier molecular flexibility index (Phi) is 4.99. The zero-order valence-electron chi connectivity index (χ0n) is 17.9. The lowest BCUT2D eigenvalue weighted by Crippen LogP contribution is -2.53. The molecule has 0 radical (unpaired) electrons. The minimum absolute atomic E-state index is 0.0482. The average molecular weight is 350 g/mol. The summed E-state index contributed by atoms with van der Waals surface area (Å²) >= 11 is 0. The van der Waals surface area contributed by atoms with Crippen LogP contribution in [-0.2, 0) is 9.59 Å². The summed E-state index contributed by atoms with van der Waals surface area (Å²) in [5, 5.41) is 3.11. The molecule has 0 saturated heterocycles. The summed E-state index contributed by atoms with van der Waals surface area (Å²) in [7, 11) is 0. The molecule has 3 nitrogen and oxygen atoms in total. The number of rotatable bonds is 4. The molecule has 2 fully saturated rings. The van der Waals surface area contributed by atoms with Gasteiger partial charge in [-0.1, -0.05) is 62.3 Å². The van der Waals surface area contributed by atoms with E-state index in [0.29, 0.717) is 17.8 Å². The maximum atomic E-state index is 12.9. The van der Waals surface area contributed by atoms with Crippen LogP contribution in [0, 0.1) is 33.5 Å². The summed E-state index contributed by atoms with van der Waals surface area (Å²) < 4.78 is 0. The molecule has 1 amide bonds. The van der Waals surface area contributed by atoms with Gasteiger partial charge in [0.15, 0.2) is 5.78 Å². The van der Waals surface area contributed by atoms with E-state index in [1.165, 1.54) is 12.8 Å². The maximum absolute atomic E-state index is 12.9. The molecule has 2 unspecified atom stereocenters. The molecule has 4 atom stereocenters. The van der Waals surface area contributed by atoms with E-state index in [-0.39, 0.29) is 22.5 Å². The lowest BCUT2D eigenvalue weighted by molar-refractivity contribution is -0.136. The molecule has 0 spiro atoms. The molecule has 2 rings (SSSR count). The smallest absolute Gasteiger partial charge is 0.220 e. The number of ketones is 1. The van der Waals surface area contributed by atoms with E-state index in [9.17, 15) is 9.59 Å². The van der Waals surface area contributed by atoms with Gasteiger partial charge in [-0.2, -0.15) is 0 Å². The van der Waals surface area contributed by atoms with Gasteiger partial charge in [0.1, 0.15) is 0 Å². The molecule has 3 heteroatoms. The molecule has 144 valence electrons. The van der Waals surface area contributed by atoms with Gasteiger partial charge >= 0.3 is 0 Å². The first-order valence-electron chi connectivity index (χ1n) is 9.94. The van der Waals surface area contributed by atoms with Gasteiger partial charge in [0.2, 0.25) is 5.91 Å². The molecule has 2 aliphatic rings. The zero-order chi connectivity index (χ0) is 19.4. The van der Waals surface area contributed by atoms with Crippen LogP contribution in [0.15, 0.2) is 0 Å². The third kappa shape index (κ3) is 3.53. The predicted octanol–water partition coefficient (Wildman–Crippen LogP) is 4.99. The predicted molar refractivity (Wildman–Crippen MR) is 103 cm³/mol. The van der Waals surface area contributed by atoms with E-state index in [0.717, 1.165) is 12.3 Å². The second-order valence-electron chi connectivity index (χ2n) is 11.5. The van der Waals surface area contributed by atoms with Crippen molar-refractivity contribution in [1.82, 2.24) is 5.32 Å². The van der Waals surface area contributed by atoms with Gasteiger partial charge in [0, 0.05) is 11.8 Å². The highest BCUT2D eigenvalue weighted by Crippen LogP contribution is 2.68. The number of carbonyl (C=O) groups excluding carboxylic acids is 2. The molecular weight excluding hydrogens is 310 g/mol. The van der Waals surface area contributed by atoms with Crippen molar-refractivity contribution in [3.8, 4) is 0 Å². The number of carbonyl (C=O) groups is 2. The second-order valence-corrected chi connectivity index (χ2v) is 11.5. The third-order valence-electron chi connectivity index (χ3n) is 7.58. The Bertz CT molecular complexity index is 549. The van der Waals surface area contributed by atoms with Gasteiger partial charge in [0.05, 0.1) is 6.04 Å². The van der Waals surface area contributed by atoms with Gasteiger partial charge < -0.3 is 5.32 Å². The topological polar surface area (TPSA) is 46.2 Å².